The Balaban J connectivity index is 2.51. The average molecular weight is 259 g/mol. The Kier molecular flexibility index (Phi) is 5.63. The fourth-order valence-corrected chi connectivity index (χ4v) is 1.27. The minimum Gasteiger partial charge on any atom is -0.480 e. The van der Waals surface area contributed by atoms with Gasteiger partial charge in [-0.3, -0.25) is 9.59 Å². The number of aliphatic carboxylic acids is 1. The second-order valence-electron chi connectivity index (χ2n) is 3.61. The van der Waals surface area contributed by atoms with Crippen LogP contribution in [0.4, 0.5) is 0 Å². The number of hydrogen-bond donors (Lipinski definition) is 3. The van der Waals surface area contributed by atoms with Crippen molar-refractivity contribution in [2.45, 2.75) is 6.54 Å². The molecule has 0 aliphatic rings. The van der Waals surface area contributed by atoms with E-state index >= 15 is 0 Å². The highest BCUT2D eigenvalue weighted by Gasteiger charge is 2.09. The van der Waals surface area contributed by atoms with Gasteiger partial charge in [0.2, 0.25) is 0 Å². The number of nitriles is 1. The van der Waals surface area contributed by atoms with Gasteiger partial charge >= 0.3 is 5.97 Å². The Morgan fingerprint density at radius 3 is 2.58 bits per heavy atom. The van der Waals surface area contributed by atoms with Gasteiger partial charge in [0, 0.05) is 12.7 Å². The fraction of sp³-hybridized carbons (Fsp3) is 0.154. The SMILES string of the molecule is N#C/C(=C/NCc1ccccc1)C(=O)NCC(=O)O. The van der Waals surface area contributed by atoms with Crippen LogP contribution in [-0.4, -0.2) is 23.5 Å². The summed E-state index contributed by atoms with van der Waals surface area (Å²) >= 11 is 0. The molecule has 0 bridgehead atoms. The smallest absolute Gasteiger partial charge is 0.322 e. The molecule has 0 atom stereocenters. The van der Waals surface area contributed by atoms with E-state index in [2.05, 4.69) is 10.6 Å². The summed E-state index contributed by atoms with van der Waals surface area (Å²) in [5, 5.41) is 22.1. The molecule has 1 amide bonds. The molecule has 98 valence electrons. The first-order chi connectivity index (χ1) is 9.13. The zero-order valence-corrected chi connectivity index (χ0v) is 10.1. The van der Waals surface area contributed by atoms with Gasteiger partial charge in [-0.05, 0) is 5.56 Å². The summed E-state index contributed by atoms with van der Waals surface area (Å²) in [6, 6.07) is 11.2. The number of amides is 1. The lowest BCUT2D eigenvalue weighted by Gasteiger charge is -2.03. The zero-order chi connectivity index (χ0) is 14.1. The van der Waals surface area contributed by atoms with Gasteiger partial charge in [-0.15, -0.1) is 0 Å². The normalized spacial score (nSPS) is 10.4. The van der Waals surface area contributed by atoms with Crippen LogP contribution in [-0.2, 0) is 16.1 Å². The predicted molar refractivity (Wildman–Crippen MR) is 67.6 cm³/mol. The summed E-state index contributed by atoms with van der Waals surface area (Å²) in [6.45, 7) is -0.0469. The summed E-state index contributed by atoms with van der Waals surface area (Å²) in [5.74, 6) is -1.88. The third-order valence-electron chi connectivity index (χ3n) is 2.16. The molecule has 0 spiro atoms. The third kappa shape index (κ3) is 5.37. The van der Waals surface area contributed by atoms with E-state index in [1.807, 2.05) is 30.3 Å². The van der Waals surface area contributed by atoms with Crippen molar-refractivity contribution in [1.29, 1.82) is 5.26 Å². The molecule has 1 aromatic rings. The molecule has 0 aromatic heterocycles. The minimum atomic E-state index is -1.16. The van der Waals surface area contributed by atoms with Gasteiger partial charge in [0.05, 0.1) is 0 Å². The third-order valence-corrected chi connectivity index (χ3v) is 2.16. The van der Waals surface area contributed by atoms with Crippen molar-refractivity contribution in [1.82, 2.24) is 10.6 Å². The minimum absolute atomic E-state index is 0.169. The van der Waals surface area contributed by atoms with Crippen LogP contribution in [0.2, 0.25) is 0 Å². The van der Waals surface area contributed by atoms with Crippen LogP contribution >= 0.6 is 0 Å². The first-order valence-corrected chi connectivity index (χ1v) is 5.51. The summed E-state index contributed by atoms with van der Waals surface area (Å²) in [5.41, 5.74) is 0.833. The second kappa shape index (κ2) is 7.50. The van der Waals surface area contributed by atoms with Gasteiger partial charge in [0.15, 0.2) is 0 Å². The molecule has 0 heterocycles. The number of carboxylic acid groups (broad SMARTS) is 1. The Bertz CT molecular complexity index is 518. The highest BCUT2D eigenvalue weighted by molar-refractivity contribution is 5.98. The van der Waals surface area contributed by atoms with Gasteiger partial charge in [-0.25, -0.2) is 0 Å². The monoisotopic (exact) mass is 259 g/mol. The molecule has 0 radical (unpaired) electrons. The molecule has 0 fully saturated rings. The molecule has 19 heavy (non-hydrogen) atoms. The van der Waals surface area contributed by atoms with Crippen LogP contribution in [0.15, 0.2) is 42.1 Å². The maximum absolute atomic E-state index is 11.4. The number of carboxylic acids is 1. The quantitative estimate of drug-likeness (QED) is 0.506. The van der Waals surface area contributed by atoms with Crippen LogP contribution in [0.1, 0.15) is 5.56 Å². The molecule has 6 nitrogen and oxygen atoms in total. The van der Waals surface area contributed by atoms with E-state index in [1.54, 1.807) is 6.07 Å². The Hall–Kier alpha value is -2.81. The van der Waals surface area contributed by atoms with Crippen LogP contribution in [0.3, 0.4) is 0 Å². The van der Waals surface area contributed by atoms with Gasteiger partial charge < -0.3 is 15.7 Å². The van der Waals surface area contributed by atoms with Crippen molar-refractivity contribution in [3.8, 4) is 6.07 Å². The molecular weight excluding hydrogens is 246 g/mol. The fourth-order valence-electron chi connectivity index (χ4n) is 1.27. The van der Waals surface area contributed by atoms with Gasteiger partial charge in [-0.1, -0.05) is 30.3 Å². The first-order valence-electron chi connectivity index (χ1n) is 5.51. The molecule has 3 N–H and O–H groups in total. The second-order valence-corrected chi connectivity index (χ2v) is 3.61. The number of nitrogens with zero attached hydrogens (tertiary/aromatic N) is 1. The molecule has 0 saturated carbocycles. The summed E-state index contributed by atoms with van der Waals surface area (Å²) in [6.07, 6.45) is 1.27. The Morgan fingerprint density at radius 1 is 1.32 bits per heavy atom. The van der Waals surface area contributed by atoms with E-state index in [0.717, 1.165) is 5.56 Å². The Morgan fingerprint density at radius 2 is 2.00 bits per heavy atom. The molecule has 0 saturated heterocycles. The molecule has 0 aliphatic carbocycles. The molecular formula is C13H13N3O3. The number of carbonyl (C=O) groups is 2. The van der Waals surface area contributed by atoms with E-state index in [9.17, 15) is 9.59 Å². The van der Waals surface area contributed by atoms with Crippen LogP contribution in [0.5, 0.6) is 0 Å². The molecule has 1 rings (SSSR count). The summed E-state index contributed by atoms with van der Waals surface area (Å²) in [4.78, 5) is 21.7. The number of benzene rings is 1. The average Bonchev–Trinajstić information content (AvgIpc) is 2.42. The topological polar surface area (TPSA) is 102 Å². The van der Waals surface area contributed by atoms with E-state index in [-0.39, 0.29) is 5.57 Å². The van der Waals surface area contributed by atoms with Crippen molar-refractivity contribution >= 4 is 11.9 Å². The van der Waals surface area contributed by atoms with Crippen LogP contribution in [0.25, 0.3) is 0 Å². The number of hydrogen-bond acceptors (Lipinski definition) is 4. The van der Waals surface area contributed by atoms with E-state index in [1.165, 1.54) is 6.20 Å². The first kappa shape index (κ1) is 14.3. The highest BCUT2D eigenvalue weighted by Crippen LogP contribution is 1.98. The molecule has 0 unspecified atom stereocenters. The van der Waals surface area contributed by atoms with Crippen molar-refractivity contribution < 1.29 is 14.7 Å². The zero-order valence-electron chi connectivity index (χ0n) is 10.1. The maximum Gasteiger partial charge on any atom is 0.322 e. The summed E-state index contributed by atoms with van der Waals surface area (Å²) < 4.78 is 0. The standard InChI is InChI=1S/C13H13N3O3/c14-6-11(13(19)16-9-12(17)18)8-15-7-10-4-2-1-3-5-10/h1-5,8,15H,7,9H2,(H,16,19)(H,17,18)/b11-8-. The lowest BCUT2D eigenvalue weighted by atomic mass is 10.2. The summed E-state index contributed by atoms with van der Waals surface area (Å²) in [7, 11) is 0. The van der Waals surface area contributed by atoms with E-state index in [4.69, 9.17) is 10.4 Å². The number of carbonyl (C=O) groups excluding carboxylic acids is 1. The highest BCUT2D eigenvalue weighted by atomic mass is 16.4. The molecule has 6 heteroatoms. The van der Waals surface area contributed by atoms with Crippen molar-refractivity contribution in [3.63, 3.8) is 0 Å². The van der Waals surface area contributed by atoms with Crippen molar-refractivity contribution in [2.24, 2.45) is 0 Å². The molecule has 0 aliphatic heterocycles. The Labute approximate surface area is 110 Å². The van der Waals surface area contributed by atoms with Crippen LogP contribution < -0.4 is 10.6 Å². The molecule has 1 aromatic carbocycles. The number of rotatable bonds is 6. The number of nitrogens with one attached hydrogen (secondary N) is 2. The van der Waals surface area contributed by atoms with Crippen molar-refractivity contribution in [3.05, 3.63) is 47.7 Å². The van der Waals surface area contributed by atoms with Gasteiger partial charge in [0.25, 0.3) is 5.91 Å². The van der Waals surface area contributed by atoms with E-state index in [0.29, 0.717) is 6.54 Å². The maximum atomic E-state index is 11.4. The van der Waals surface area contributed by atoms with Gasteiger partial charge in [-0.2, -0.15) is 5.26 Å². The lowest BCUT2D eigenvalue weighted by molar-refractivity contribution is -0.137. The largest absolute Gasteiger partial charge is 0.480 e. The van der Waals surface area contributed by atoms with Gasteiger partial charge in [0.1, 0.15) is 18.2 Å². The van der Waals surface area contributed by atoms with Crippen LogP contribution in [0, 0.1) is 11.3 Å². The van der Waals surface area contributed by atoms with Crippen molar-refractivity contribution in [2.75, 3.05) is 6.54 Å². The lowest BCUT2D eigenvalue weighted by Crippen LogP contribution is -2.30. The van der Waals surface area contributed by atoms with E-state index < -0.39 is 18.4 Å². The predicted octanol–water partition coefficient (Wildman–Crippen LogP) is 0.384.